The van der Waals surface area contributed by atoms with E-state index < -0.39 is 39.6 Å². The lowest BCUT2D eigenvalue weighted by molar-refractivity contribution is -0.141. The van der Waals surface area contributed by atoms with E-state index in [9.17, 15) is 26.4 Å². The molecule has 0 aromatic carbocycles. The molecule has 8 heteroatoms. The molecule has 0 heterocycles. The molecule has 0 bridgehead atoms. The van der Waals surface area contributed by atoms with Crippen LogP contribution in [-0.4, -0.2) is 39.2 Å². The van der Waals surface area contributed by atoms with Crippen molar-refractivity contribution in [2.45, 2.75) is 31.9 Å². The van der Waals surface area contributed by atoms with Crippen molar-refractivity contribution in [3.63, 3.8) is 0 Å². The molecule has 0 aromatic heterocycles. The smallest absolute Gasteiger partial charge is 0.390 e. The number of sulfone groups is 1. The fraction of sp³-hybridized carbons (Fsp3) is 0.900. The van der Waals surface area contributed by atoms with Gasteiger partial charge in [0.25, 0.3) is 0 Å². The van der Waals surface area contributed by atoms with Crippen molar-refractivity contribution in [3.05, 3.63) is 0 Å². The molecule has 1 aliphatic rings. The first-order valence-corrected chi connectivity index (χ1v) is 7.24. The summed E-state index contributed by atoms with van der Waals surface area (Å²) < 4.78 is 63.4. The molecule has 18 heavy (non-hydrogen) atoms. The molecule has 0 amide bonds. The van der Waals surface area contributed by atoms with Crippen molar-refractivity contribution in [1.82, 2.24) is 0 Å². The highest BCUT2D eigenvalue weighted by molar-refractivity contribution is 7.91. The molecule has 106 valence electrons. The molecular formula is C10H15F3O4S. The van der Waals surface area contributed by atoms with Gasteiger partial charge in [-0.3, -0.25) is 4.79 Å². The molecule has 0 saturated heterocycles. The monoisotopic (exact) mass is 288 g/mol. The van der Waals surface area contributed by atoms with Crippen molar-refractivity contribution in [3.8, 4) is 0 Å². The standard InChI is InChI=1S/C10H15F3O4S/c1-17-8(14)6-9(2-3-9)7-18(15,16)5-4-10(11,12)13/h2-7H2,1H3. The van der Waals surface area contributed by atoms with Crippen molar-refractivity contribution >= 4 is 15.8 Å². The van der Waals surface area contributed by atoms with Gasteiger partial charge < -0.3 is 4.74 Å². The third-order valence-corrected chi connectivity index (χ3v) is 4.81. The van der Waals surface area contributed by atoms with Gasteiger partial charge in [-0.05, 0) is 18.3 Å². The normalized spacial score (nSPS) is 18.4. The van der Waals surface area contributed by atoms with Crippen LogP contribution in [0.3, 0.4) is 0 Å². The van der Waals surface area contributed by atoms with Crippen LogP contribution in [0, 0.1) is 5.41 Å². The van der Waals surface area contributed by atoms with Crippen LogP contribution in [-0.2, 0) is 19.4 Å². The summed E-state index contributed by atoms with van der Waals surface area (Å²) in [6.07, 6.45) is -4.80. The Labute approximate surface area is 103 Å². The van der Waals surface area contributed by atoms with E-state index in [1.807, 2.05) is 0 Å². The fourth-order valence-corrected chi connectivity index (χ4v) is 3.75. The number of hydrogen-bond donors (Lipinski definition) is 0. The Bertz CT molecular complexity index is 409. The number of rotatable bonds is 6. The lowest BCUT2D eigenvalue weighted by Gasteiger charge is -2.14. The number of methoxy groups -OCH3 is 1. The van der Waals surface area contributed by atoms with Gasteiger partial charge in [-0.15, -0.1) is 0 Å². The minimum Gasteiger partial charge on any atom is -0.469 e. The van der Waals surface area contributed by atoms with Crippen LogP contribution in [0.2, 0.25) is 0 Å². The highest BCUT2D eigenvalue weighted by atomic mass is 32.2. The van der Waals surface area contributed by atoms with E-state index in [0.29, 0.717) is 12.8 Å². The number of alkyl halides is 3. The molecule has 0 aromatic rings. The van der Waals surface area contributed by atoms with E-state index in [-0.39, 0.29) is 12.2 Å². The summed E-state index contributed by atoms with van der Waals surface area (Å²) in [4.78, 5) is 11.1. The quantitative estimate of drug-likeness (QED) is 0.698. The lowest BCUT2D eigenvalue weighted by atomic mass is 10.1. The molecule has 0 aliphatic heterocycles. The van der Waals surface area contributed by atoms with Crippen molar-refractivity contribution in [1.29, 1.82) is 0 Å². The first kappa shape index (κ1) is 15.3. The van der Waals surface area contributed by atoms with E-state index in [4.69, 9.17) is 0 Å². The largest absolute Gasteiger partial charge is 0.469 e. The number of hydrogen-bond acceptors (Lipinski definition) is 4. The van der Waals surface area contributed by atoms with Crippen LogP contribution in [0.25, 0.3) is 0 Å². The second kappa shape index (κ2) is 5.07. The first-order chi connectivity index (χ1) is 8.08. The SMILES string of the molecule is COC(=O)CC1(CS(=O)(=O)CCC(F)(F)F)CC1. The average Bonchev–Trinajstić information content (AvgIpc) is 2.93. The van der Waals surface area contributed by atoms with Crippen LogP contribution in [0.15, 0.2) is 0 Å². The summed E-state index contributed by atoms with van der Waals surface area (Å²) >= 11 is 0. The zero-order valence-corrected chi connectivity index (χ0v) is 10.7. The molecule has 1 aliphatic carbocycles. The van der Waals surface area contributed by atoms with Crippen LogP contribution < -0.4 is 0 Å². The zero-order chi connectivity index (χ0) is 14.0. The minimum atomic E-state index is -4.48. The van der Waals surface area contributed by atoms with Gasteiger partial charge in [-0.25, -0.2) is 8.42 Å². The van der Waals surface area contributed by atoms with Gasteiger partial charge in [0.1, 0.15) is 0 Å². The first-order valence-electron chi connectivity index (χ1n) is 5.42. The minimum absolute atomic E-state index is 0.0469. The van der Waals surface area contributed by atoms with E-state index in [0.717, 1.165) is 0 Å². The summed E-state index contributed by atoms with van der Waals surface area (Å²) in [5.74, 6) is -1.82. The summed E-state index contributed by atoms with van der Waals surface area (Å²) in [5, 5.41) is 0. The van der Waals surface area contributed by atoms with Gasteiger partial charge in [-0.2, -0.15) is 13.2 Å². The van der Waals surface area contributed by atoms with Crippen LogP contribution >= 0.6 is 0 Å². The molecular weight excluding hydrogens is 273 g/mol. The van der Waals surface area contributed by atoms with Gasteiger partial charge in [0.05, 0.1) is 31.5 Å². The highest BCUT2D eigenvalue weighted by Crippen LogP contribution is 2.50. The van der Waals surface area contributed by atoms with Crippen LogP contribution in [0.5, 0.6) is 0 Å². The average molecular weight is 288 g/mol. The Morgan fingerprint density at radius 2 is 1.89 bits per heavy atom. The van der Waals surface area contributed by atoms with Gasteiger partial charge >= 0.3 is 12.1 Å². The Kier molecular flexibility index (Phi) is 4.30. The molecule has 1 saturated carbocycles. The predicted molar refractivity (Wildman–Crippen MR) is 57.6 cm³/mol. The number of carbonyl (C=O) groups excluding carboxylic acids is 1. The number of esters is 1. The maximum absolute atomic E-state index is 12.0. The molecule has 0 spiro atoms. The molecule has 0 N–H and O–H groups in total. The second-order valence-electron chi connectivity index (χ2n) is 4.71. The number of halogens is 3. The van der Waals surface area contributed by atoms with E-state index in [2.05, 4.69) is 4.74 Å². The number of carbonyl (C=O) groups is 1. The molecule has 0 atom stereocenters. The maximum Gasteiger partial charge on any atom is 0.390 e. The summed E-state index contributed by atoms with van der Waals surface area (Å²) in [6, 6.07) is 0. The molecule has 1 rings (SSSR count). The van der Waals surface area contributed by atoms with Gasteiger partial charge in [0.15, 0.2) is 9.84 Å². The molecule has 1 fully saturated rings. The second-order valence-corrected chi connectivity index (χ2v) is 6.89. The molecule has 4 nitrogen and oxygen atoms in total. The lowest BCUT2D eigenvalue weighted by Crippen LogP contribution is -2.25. The van der Waals surface area contributed by atoms with E-state index in [1.54, 1.807) is 0 Å². The third-order valence-electron chi connectivity index (χ3n) is 2.93. The number of ether oxygens (including phenoxy) is 1. The third kappa shape index (κ3) is 5.24. The van der Waals surface area contributed by atoms with E-state index in [1.165, 1.54) is 7.11 Å². The Balaban J connectivity index is 2.53. The topological polar surface area (TPSA) is 60.4 Å². The predicted octanol–water partition coefficient (Wildman–Crippen LogP) is 1.70. The summed E-state index contributed by atoms with van der Waals surface area (Å²) in [7, 11) is -2.60. The molecule has 0 unspecified atom stereocenters. The Morgan fingerprint density at radius 3 is 2.28 bits per heavy atom. The summed E-state index contributed by atoms with van der Waals surface area (Å²) in [5.41, 5.74) is -0.697. The van der Waals surface area contributed by atoms with Gasteiger partial charge in [-0.1, -0.05) is 0 Å². The van der Waals surface area contributed by atoms with Crippen molar-refractivity contribution in [2.24, 2.45) is 5.41 Å². The van der Waals surface area contributed by atoms with Gasteiger partial charge in [0, 0.05) is 0 Å². The van der Waals surface area contributed by atoms with E-state index >= 15 is 0 Å². The Morgan fingerprint density at radius 1 is 1.33 bits per heavy atom. The van der Waals surface area contributed by atoms with Crippen molar-refractivity contribution in [2.75, 3.05) is 18.6 Å². The Hall–Kier alpha value is -0.790. The van der Waals surface area contributed by atoms with Crippen LogP contribution in [0.4, 0.5) is 13.2 Å². The maximum atomic E-state index is 12.0. The van der Waals surface area contributed by atoms with Crippen LogP contribution in [0.1, 0.15) is 25.7 Å². The zero-order valence-electron chi connectivity index (χ0n) is 9.92. The summed E-state index contributed by atoms with van der Waals surface area (Å²) in [6.45, 7) is 0. The fourth-order valence-electron chi connectivity index (χ4n) is 1.74. The highest BCUT2D eigenvalue weighted by Gasteiger charge is 2.48. The van der Waals surface area contributed by atoms with Gasteiger partial charge in [0.2, 0.25) is 0 Å². The van der Waals surface area contributed by atoms with Crippen molar-refractivity contribution < 1.29 is 31.1 Å². The molecule has 0 radical (unpaired) electrons.